The number of para-hydroxylation sites is 1. The Morgan fingerprint density at radius 2 is 2.11 bits per heavy atom. The van der Waals surface area contributed by atoms with Crippen molar-refractivity contribution in [3.63, 3.8) is 0 Å². The second-order valence-electron chi connectivity index (χ2n) is 4.35. The molecule has 5 heteroatoms. The summed E-state index contributed by atoms with van der Waals surface area (Å²) in [6, 6.07) is 5.64. The average molecular weight is 264 g/mol. The molecule has 1 aromatic rings. The van der Waals surface area contributed by atoms with E-state index in [0.717, 1.165) is 6.54 Å². The maximum absolute atomic E-state index is 10.2. The molecule has 0 bridgehead atoms. The molecule has 0 spiro atoms. The van der Waals surface area contributed by atoms with Crippen LogP contribution in [0.1, 0.15) is 24.2 Å². The molecule has 0 saturated heterocycles. The molecule has 0 saturated carbocycles. The summed E-state index contributed by atoms with van der Waals surface area (Å²) in [5.41, 5.74) is -0.178. The van der Waals surface area contributed by atoms with Gasteiger partial charge in [-0.2, -0.15) is 0 Å². The van der Waals surface area contributed by atoms with Crippen LogP contribution in [0.3, 0.4) is 0 Å². The molecule has 1 N–H and O–H groups in total. The number of hydrogen-bond donors (Lipinski definition) is 1. The summed E-state index contributed by atoms with van der Waals surface area (Å²) in [4.78, 5) is 12.5. The van der Waals surface area contributed by atoms with Crippen LogP contribution in [-0.2, 0) is 0 Å². The van der Waals surface area contributed by atoms with Crippen LogP contribution in [0, 0.1) is 0 Å². The number of carbonyl (C=O) groups excluding carboxylic acids is 1. The van der Waals surface area contributed by atoms with Crippen molar-refractivity contribution in [1.29, 1.82) is 0 Å². The van der Waals surface area contributed by atoms with Crippen LogP contribution in [0.15, 0.2) is 24.3 Å². The SMILES string of the molecule is CCN1CC[N+](C)=C1C.O=C([O-])c1ccccc1O. The van der Waals surface area contributed by atoms with Gasteiger partial charge >= 0.3 is 0 Å². The Labute approximate surface area is 113 Å². The van der Waals surface area contributed by atoms with Gasteiger partial charge in [-0.1, -0.05) is 12.1 Å². The van der Waals surface area contributed by atoms with Gasteiger partial charge in [-0.05, 0) is 19.1 Å². The van der Waals surface area contributed by atoms with Crippen molar-refractivity contribution >= 4 is 11.8 Å². The van der Waals surface area contributed by atoms with Gasteiger partial charge in [0.15, 0.2) is 0 Å². The fraction of sp³-hybridized carbons (Fsp3) is 0.429. The minimum Gasteiger partial charge on any atom is -0.545 e. The quantitative estimate of drug-likeness (QED) is 0.772. The lowest BCUT2D eigenvalue weighted by Crippen LogP contribution is -2.25. The second kappa shape index (κ2) is 6.78. The van der Waals surface area contributed by atoms with E-state index in [2.05, 4.69) is 30.4 Å². The largest absolute Gasteiger partial charge is 0.545 e. The molecule has 5 nitrogen and oxygen atoms in total. The third-order valence-corrected chi connectivity index (χ3v) is 3.22. The first-order chi connectivity index (χ1) is 8.97. The number of aromatic hydroxyl groups is 1. The number of phenols is 1. The maximum Gasteiger partial charge on any atom is 0.243 e. The van der Waals surface area contributed by atoms with E-state index in [0.29, 0.717) is 0 Å². The number of hydrogen-bond acceptors (Lipinski definition) is 4. The lowest BCUT2D eigenvalue weighted by atomic mass is 10.2. The first-order valence-electron chi connectivity index (χ1n) is 6.26. The summed E-state index contributed by atoms with van der Waals surface area (Å²) < 4.78 is 2.30. The minimum absolute atomic E-state index is 0.178. The van der Waals surface area contributed by atoms with E-state index in [1.54, 1.807) is 6.07 Å². The van der Waals surface area contributed by atoms with Gasteiger partial charge in [0.05, 0.1) is 19.6 Å². The van der Waals surface area contributed by atoms with E-state index in [4.69, 9.17) is 5.11 Å². The summed E-state index contributed by atoms with van der Waals surface area (Å²) in [5, 5.41) is 19.0. The predicted octanol–water partition coefficient (Wildman–Crippen LogP) is 0.138. The van der Waals surface area contributed by atoms with Crippen LogP contribution in [0.25, 0.3) is 0 Å². The van der Waals surface area contributed by atoms with Crippen molar-refractivity contribution < 1.29 is 19.6 Å². The van der Waals surface area contributed by atoms with E-state index < -0.39 is 5.97 Å². The number of amidine groups is 1. The van der Waals surface area contributed by atoms with Crippen molar-refractivity contribution in [2.24, 2.45) is 0 Å². The fourth-order valence-electron chi connectivity index (χ4n) is 1.87. The van der Waals surface area contributed by atoms with Gasteiger partial charge in [-0.25, -0.2) is 0 Å². The van der Waals surface area contributed by atoms with Gasteiger partial charge in [0.2, 0.25) is 5.84 Å². The molecule has 0 fully saturated rings. The van der Waals surface area contributed by atoms with Crippen LogP contribution in [-0.4, -0.2) is 53.1 Å². The van der Waals surface area contributed by atoms with Gasteiger partial charge < -0.3 is 15.0 Å². The van der Waals surface area contributed by atoms with E-state index in [-0.39, 0.29) is 11.3 Å². The van der Waals surface area contributed by atoms with Crippen molar-refractivity contribution in [1.82, 2.24) is 4.90 Å². The molecule has 19 heavy (non-hydrogen) atoms. The topological polar surface area (TPSA) is 66.6 Å². The molecular formula is C14H20N2O3. The number of carboxylic acid groups (broad SMARTS) is 1. The van der Waals surface area contributed by atoms with Gasteiger partial charge in [-0.15, -0.1) is 0 Å². The summed E-state index contributed by atoms with van der Waals surface area (Å²) in [7, 11) is 2.14. The molecular weight excluding hydrogens is 244 g/mol. The average Bonchev–Trinajstić information content (AvgIpc) is 2.70. The number of benzene rings is 1. The lowest BCUT2D eigenvalue weighted by Gasteiger charge is -2.04. The molecule has 1 aliphatic rings. The van der Waals surface area contributed by atoms with E-state index in [9.17, 15) is 9.90 Å². The highest BCUT2D eigenvalue weighted by Gasteiger charge is 2.21. The van der Waals surface area contributed by atoms with E-state index in [1.165, 1.54) is 37.1 Å². The van der Waals surface area contributed by atoms with Gasteiger partial charge in [0.25, 0.3) is 0 Å². The number of carbonyl (C=O) groups is 1. The Morgan fingerprint density at radius 3 is 2.42 bits per heavy atom. The first kappa shape index (κ1) is 15.0. The molecule has 1 aromatic carbocycles. The third kappa shape index (κ3) is 3.98. The molecule has 104 valence electrons. The fourth-order valence-corrected chi connectivity index (χ4v) is 1.87. The molecule has 0 atom stereocenters. The number of carboxylic acids is 1. The lowest BCUT2D eigenvalue weighted by molar-refractivity contribution is -0.487. The predicted molar refractivity (Wildman–Crippen MR) is 71.4 cm³/mol. The minimum atomic E-state index is -1.36. The Kier molecular flexibility index (Phi) is 5.36. The summed E-state index contributed by atoms with van der Waals surface area (Å²) >= 11 is 0. The molecule has 0 amide bonds. The number of nitrogens with zero attached hydrogens (tertiary/aromatic N) is 2. The monoisotopic (exact) mass is 264 g/mol. The zero-order valence-corrected chi connectivity index (χ0v) is 11.6. The van der Waals surface area contributed by atoms with Crippen LogP contribution in [0.2, 0.25) is 0 Å². The van der Waals surface area contributed by atoms with Crippen molar-refractivity contribution in [3.05, 3.63) is 29.8 Å². The van der Waals surface area contributed by atoms with Crippen LogP contribution >= 0.6 is 0 Å². The van der Waals surface area contributed by atoms with Gasteiger partial charge in [-0.3, -0.25) is 9.48 Å². The standard InChI is InChI=1S/C7H15N2.C7H6O3/c1-4-9-6-5-8(3)7(9)2;8-6-4-2-1-3-5(6)7(9)10/h4-6H2,1-3H3;1-4,8H,(H,9,10)/q+1;/p-1. The molecule has 0 aliphatic carbocycles. The van der Waals surface area contributed by atoms with Gasteiger partial charge in [0.1, 0.15) is 18.8 Å². The second-order valence-corrected chi connectivity index (χ2v) is 4.35. The first-order valence-corrected chi connectivity index (χ1v) is 6.26. The summed E-state index contributed by atoms with van der Waals surface area (Å²) in [6.07, 6.45) is 0. The molecule has 0 radical (unpaired) electrons. The van der Waals surface area contributed by atoms with Crippen molar-refractivity contribution in [2.45, 2.75) is 13.8 Å². The molecule has 1 heterocycles. The molecule has 0 unspecified atom stereocenters. The van der Waals surface area contributed by atoms with Crippen molar-refractivity contribution in [3.8, 4) is 5.75 Å². The van der Waals surface area contributed by atoms with E-state index >= 15 is 0 Å². The van der Waals surface area contributed by atoms with Gasteiger partial charge in [0, 0.05) is 12.5 Å². The van der Waals surface area contributed by atoms with Crippen LogP contribution in [0.5, 0.6) is 5.75 Å². The molecule has 0 aromatic heterocycles. The van der Waals surface area contributed by atoms with Crippen LogP contribution in [0.4, 0.5) is 0 Å². The summed E-state index contributed by atoms with van der Waals surface area (Å²) in [6.45, 7) is 7.92. The smallest absolute Gasteiger partial charge is 0.243 e. The highest BCUT2D eigenvalue weighted by atomic mass is 16.4. The molecule has 2 rings (SSSR count). The Balaban J connectivity index is 0.000000191. The maximum atomic E-state index is 10.2. The Bertz CT molecular complexity index is 483. The third-order valence-electron chi connectivity index (χ3n) is 3.22. The van der Waals surface area contributed by atoms with E-state index in [1.807, 2.05) is 0 Å². The highest BCUT2D eigenvalue weighted by molar-refractivity contribution is 5.88. The zero-order chi connectivity index (χ0) is 14.4. The Hall–Kier alpha value is -2.04. The number of aromatic carboxylic acids is 1. The Morgan fingerprint density at radius 1 is 1.47 bits per heavy atom. The number of likely N-dealkylation sites (N-methyl/N-ethyl adjacent to an activating group) is 2. The zero-order valence-electron chi connectivity index (χ0n) is 11.6. The number of rotatable bonds is 2. The summed E-state index contributed by atoms with van der Waals surface area (Å²) in [5.74, 6) is -0.210. The van der Waals surface area contributed by atoms with Crippen LogP contribution < -0.4 is 5.11 Å². The van der Waals surface area contributed by atoms with Crippen molar-refractivity contribution in [2.75, 3.05) is 26.7 Å². The molecule has 1 aliphatic heterocycles. The normalized spacial score (nSPS) is 14.2. The highest BCUT2D eigenvalue weighted by Crippen LogP contribution is 2.13.